The maximum atomic E-state index is 11.0. The first-order valence-corrected chi connectivity index (χ1v) is 9.60. The second kappa shape index (κ2) is 9.37. The monoisotopic (exact) mass is 306 g/mol. The Morgan fingerprint density at radius 1 is 0.909 bits per heavy atom. The first kappa shape index (κ1) is 17.6. The first-order valence-electron chi connectivity index (χ1n) is 9.60. The number of carboxylic acid groups (broad SMARTS) is 1. The van der Waals surface area contributed by atoms with Gasteiger partial charge in [0, 0.05) is 0 Å². The fourth-order valence-electron chi connectivity index (χ4n) is 4.23. The zero-order valence-corrected chi connectivity index (χ0v) is 14.3. The Morgan fingerprint density at radius 3 is 1.95 bits per heavy atom. The van der Waals surface area contributed by atoms with Crippen LogP contribution in [-0.4, -0.2) is 11.1 Å². The first-order chi connectivity index (χ1) is 10.7. The molecular formula is C20H34O2. The molecular weight excluding hydrogens is 272 g/mol. The molecule has 0 amide bonds. The standard InChI is InChI=1S/C20H34O2/c1-2-3-4-5-16-6-8-17(9-7-16)10-11-18-12-14-19(15-13-18)20(21)22/h10-11,16-19H,2-9,12-15H2,1H3,(H,21,22)/b11-10+. The van der Waals surface area contributed by atoms with Gasteiger partial charge in [-0.1, -0.05) is 44.8 Å². The molecule has 0 bridgehead atoms. The van der Waals surface area contributed by atoms with Gasteiger partial charge in [0.1, 0.15) is 0 Å². The molecule has 126 valence electrons. The van der Waals surface area contributed by atoms with Crippen molar-refractivity contribution in [1.29, 1.82) is 0 Å². The Morgan fingerprint density at radius 2 is 1.45 bits per heavy atom. The predicted molar refractivity (Wildman–Crippen MR) is 91.8 cm³/mol. The number of carbonyl (C=O) groups is 1. The van der Waals surface area contributed by atoms with Gasteiger partial charge in [0.2, 0.25) is 0 Å². The summed E-state index contributed by atoms with van der Waals surface area (Å²) in [5.74, 6) is 1.74. The van der Waals surface area contributed by atoms with Crippen LogP contribution < -0.4 is 0 Å². The van der Waals surface area contributed by atoms with Crippen LogP contribution in [0, 0.1) is 23.7 Å². The molecule has 0 heterocycles. The molecule has 0 aliphatic heterocycles. The van der Waals surface area contributed by atoms with Gasteiger partial charge in [0.15, 0.2) is 0 Å². The number of aliphatic carboxylic acids is 1. The van der Waals surface area contributed by atoms with Gasteiger partial charge in [-0.15, -0.1) is 0 Å². The molecule has 0 aromatic rings. The molecule has 2 saturated carbocycles. The summed E-state index contributed by atoms with van der Waals surface area (Å²) in [7, 11) is 0. The van der Waals surface area contributed by atoms with E-state index in [2.05, 4.69) is 19.1 Å². The van der Waals surface area contributed by atoms with Crippen LogP contribution >= 0.6 is 0 Å². The molecule has 1 N–H and O–H groups in total. The fraction of sp³-hybridized carbons (Fsp3) is 0.850. The van der Waals surface area contributed by atoms with Crippen molar-refractivity contribution in [1.82, 2.24) is 0 Å². The molecule has 0 aromatic heterocycles. The average molecular weight is 306 g/mol. The van der Waals surface area contributed by atoms with Gasteiger partial charge < -0.3 is 5.11 Å². The molecule has 2 aliphatic carbocycles. The van der Waals surface area contributed by atoms with E-state index in [1.165, 1.54) is 51.4 Å². The van der Waals surface area contributed by atoms with Crippen molar-refractivity contribution >= 4 is 5.97 Å². The maximum Gasteiger partial charge on any atom is 0.306 e. The third-order valence-corrected chi connectivity index (χ3v) is 5.88. The summed E-state index contributed by atoms with van der Waals surface area (Å²) in [6.07, 6.45) is 20.0. The summed E-state index contributed by atoms with van der Waals surface area (Å²) in [5.41, 5.74) is 0. The van der Waals surface area contributed by atoms with Crippen molar-refractivity contribution in [2.45, 2.75) is 84.0 Å². The van der Waals surface area contributed by atoms with Crippen LogP contribution in [-0.2, 0) is 4.79 Å². The van der Waals surface area contributed by atoms with Gasteiger partial charge in [-0.05, 0) is 69.1 Å². The largest absolute Gasteiger partial charge is 0.481 e. The highest BCUT2D eigenvalue weighted by Gasteiger charge is 2.25. The smallest absolute Gasteiger partial charge is 0.306 e. The second-order valence-corrected chi connectivity index (χ2v) is 7.61. The van der Waals surface area contributed by atoms with E-state index in [1.54, 1.807) is 0 Å². The Hall–Kier alpha value is -0.790. The van der Waals surface area contributed by atoms with Crippen LogP contribution in [0.15, 0.2) is 12.2 Å². The van der Waals surface area contributed by atoms with Gasteiger partial charge >= 0.3 is 5.97 Å². The van der Waals surface area contributed by atoms with Gasteiger partial charge in [0.25, 0.3) is 0 Å². The van der Waals surface area contributed by atoms with E-state index in [0.717, 1.165) is 37.5 Å². The van der Waals surface area contributed by atoms with Crippen LogP contribution in [0.1, 0.15) is 84.0 Å². The SMILES string of the molecule is CCCCCC1CCC(/C=C/C2CCC(C(=O)O)CC2)CC1. The quantitative estimate of drug-likeness (QED) is 0.475. The summed E-state index contributed by atoms with van der Waals surface area (Å²) in [4.78, 5) is 11.0. The molecule has 0 aromatic carbocycles. The van der Waals surface area contributed by atoms with Crippen molar-refractivity contribution in [3.05, 3.63) is 12.2 Å². The van der Waals surface area contributed by atoms with E-state index in [0.29, 0.717) is 5.92 Å². The minimum atomic E-state index is -0.594. The minimum Gasteiger partial charge on any atom is -0.481 e. The third kappa shape index (κ3) is 5.78. The van der Waals surface area contributed by atoms with Crippen molar-refractivity contribution in [3.63, 3.8) is 0 Å². The van der Waals surface area contributed by atoms with E-state index in [9.17, 15) is 4.79 Å². The van der Waals surface area contributed by atoms with Crippen LogP contribution in [0.3, 0.4) is 0 Å². The minimum absolute atomic E-state index is 0.0804. The zero-order chi connectivity index (χ0) is 15.8. The maximum absolute atomic E-state index is 11.0. The summed E-state index contributed by atoms with van der Waals surface area (Å²) in [5, 5.41) is 9.04. The summed E-state index contributed by atoms with van der Waals surface area (Å²) in [6.45, 7) is 2.28. The molecule has 0 radical (unpaired) electrons. The molecule has 0 spiro atoms. The topological polar surface area (TPSA) is 37.3 Å². The van der Waals surface area contributed by atoms with Crippen molar-refractivity contribution in [2.24, 2.45) is 23.7 Å². The number of hydrogen-bond acceptors (Lipinski definition) is 1. The lowest BCUT2D eigenvalue weighted by atomic mass is 9.78. The van der Waals surface area contributed by atoms with Crippen LogP contribution in [0.25, 0.3) is 0 Å². The van der Waals surface area contributed by atoms with Crippen molar-refractivity contribution < 1.29 is 9.90 Å². The summed E-state index contributed by atoms with van der Waals surface area (Å²) < 4.78 is 0. The van der Waals surface area contributed by atoms with Gasteiger partial charge in [0.05, 0.1) is 5.92 Å². The second-order valence-electron chi connectivity index (χ2n) is 7.61. The summed E-state index contributed by atoms with van der Waals surface area (Å²) in [6, 6.07) is 0. The number of allylic oxidation sites excluding steroid dienone is 2. The predicted octanol–water partition coefficient (Wildman–Crippen LogP) is 5.82. The van der Waals surface area contributed by atoms with Crippen LogP contribution in [0.5, 0.6) is 0 Å². The lowest BCUT2D eigenvalue weighted by Crippen LogP contribution is -2.20. The van der Waals surface area contributed by atoms with Crippen molar-refractivity contribution in [2.75, 3.05) is 0 Å². The highest BCUT2D eigenvalue weighted by molar-refractivity contribution is 5.70. The van der Waals surface area contributed by atoms with Crippen LogP contribution in [0.2, 0.25) is 0 Å². The molecule has 2 aliphatic rings. The highest BCUT2D eigenvalue weighted by Crippen LogP contribution is 2.34. The number of hydrogen-bond donors (Lipinski definition) is 1. The van der Waals surface area contributed by atoms with E-state index < -0.39 is 5.97 Å². The molecule has 22 heavy (non-hydrogen) atoms. The molecule has 0 atom stereocenters. The summed E-state index contributed by atoms with van der Waals surface area (Å²) >= 11 is 0. The molecule has 2 rings (SSSR count). The fourth-order valence-corrected chi connectivity index (χ4v) is 4.23. The number of carboxylic acids is 1. The molecule has 2 heteroatoms. The van der Waals surface area contributed by atoms with E-state index in [4.69, 9.17) is 5.11 Å². The normalized spacial score (nSPS) is 33.1. The molecule has 0 saturated heterocycles. The lowest BCUT2D eigenvalue weighted by molar-refractivity contribution is -0.142. The Labute approximate surface area is 136 Å². The van der Waals surface area contributed by atoms with Crippen molar-refractivity contribution in [3.8, 4) is 0 Å². The Bertz CT molecular complexity index is 345. The highest BCUT2D eigenvalue weighted by atomic mass is 16.4. The van der Waals surface area contributed by atoms with E-state index in [1.807, 2.05) is 0 Å². The average Bonchev–Trinajstić information content (AvgIpc) is 2.55. The van der Waals surface area contributed by atoms with Gasteiger partial charge in [-0.3, -0.25) is 4.79 Å². The number of unbranched alkanes of at least 4 members (excludes halogenated alkanes) is 2. The Kier molecular flexibility index (Phi) is 7.48. The third-order valence-electron chi connectivity index (χ3n) is 5.88. The van der Waals surface area contributed by atoms with Gasteiger partial charge in [-0.2, -0.15) is 0 Å². The van der Waals surface area contributed by atoms with Crippen LogP contribution in [0.4, 0.5) is 0 Å². The van der Waals surface area contributed by atoms with E-state index in [-0.39, 0.29) is 5.92 Å². The lowest BCUT2D eigenvalue weighted by Gasteiger charge is -2.28. The van der Waals surface area contributed by atoms with E-state index >= 15 is 0 Å². The Balaban J connectivity index is 1.63. The molecule has 2 nitrogen and oxygen atoms in total. The number of rotatable bonds is 7. The molecule has 0 unspecified atom stereocenters. The van der Waals surface area contributed by atoms with Gasteiger partial charge in [-0.25, -0.2) is 0 Å². The zero-order valence-electron chi connectivity index (χ0n) is 14.3. The molecule has 2 fully saturated rings.